The van der Waals surface area contributed by atoms with Crippen LogP contribution in [0, 0.1) is 5.92 Å². The number of imidazole rings is 1. The number of rotatable bonds is 4. The highest BCUT2D eigenvalue weighted by atomic mass is 16.5. The summed E-state index contributed by atoms with van der Waals surface area (Å²) in [6, 6.07) is 0.509. The molecule has 3 rings (SSSR count). The molecule has 0 aliphatic carbocycles. The van der Waals surface area contributed by atoms with Crippen molar-refractivity contribution in [3.8, 4) is 0 Å². The Hall–Kier alpha value is -0.870. The maximum Gasteiger partial charge on any atom is 0.0948 e. The van der Waals surface area contributed by atoms with Crippen LogP contribution in [0.2, 0.25) is 0 Å². The number of nitrogens with one attached hydrogen (secondary N) is 1. The second kappa shape index (κ2) is 5.41. The Morgan fingerprint density at radius 1 is 1.50 bits per heavy atom. The molecule has 2 saturated heterocycles. The Labute approximate surface area is 109 Å². The summed E-state index contributed by atoms with van der Waals surface area (Å²) in [6.45, 7) is 5.34. The van der Waals surface area contributed by atoms with Gasteiger partial charge in [0.25, 0.3) is 0 Å². The minimum atomic E-state index is 0.441. The van der Waals surface area contributed by atoms with E-state index in [4.69, 9.17) is 4.74 Å². The zero-order valence-electron chi connectivity index (χ0n) is 11.1. The fraction of sp³-hybridized carbons (Fsp3) is 0.786. The van der Waals surface area contributed by atoms with E-state index in [1.807, 2.05) is 12.5 Å². The normalized spacial score (nSPS) is 32.2. The molecule has 0 saturated carbocycles. The van der Waals surface area contributed by atoms with Gasteiger partial charge in [0.05, 0.1) is 18.1 Å². The first kappa shape index (κ1) is 12.2. The molecule has 4 heteroatoms. The number of aromatic nitrogens is 2. The lowest BCUT2D eigenvalue weighted by Gasteiger charge is -2.20. The fourth-order valence-electron chi connectivity index (χ4n) is 3.32. The van der Waals surface area contributed by atoms with Crippen LogP contribution in [0.5, 0.6) is 0 Å². The lowest BCUT2D eigenvalue weighted by molar-refractivity contribution is 0.0832. The standard InChI is InChI=1S/C14H23N3O/c1-2-14-11(5-7-18-14)9-17-10-15-8-13(17)12-4-3-6-16-12/h8,10-12,14,16H,2-7,9H2,1H3/t11?,12-,14?/m0/s1. The summed E-state index contributed by atoms with van der Waals surface area (Å²) < 4.78 is 8.12. The predicted molar refractivity (Wildman–Crippen MR) is 70.3 cm³/mol. The molecule has 0 radical (unpaired) electrons. The molecule has 0 aromatic carbocycles. The molecular weight excluding hydrogens is 226 g/mol. The summed E-state index contributed by atoms with van der Waals surface area (Å²) in [5.74, 6) is 0.657. The number of hydrogen-bond acceptors (Lipinski definition) is 3. The molecule has 0 spiro atoms. The Balaban J connectivity index is 1.70. The van der Waals surface area contributed by atoms with Gasteiger partial charge in [0.1, 0.15) is 0 Å². The van der Waals surface area contributed by atoms with Crippen molar-refractivity contribution in [2.24, 2.45) is 5.92 Å². The highest BCUT2D eigenvalue weighted by Gasteiger charge is 2.28. The van der Waals surface area contributed by atoms with E-state index in [0.29, 0.717) is 18.1 Å². The molecule has 18 heavy (non-hydrogen) atoms. The zero-order chi connectivity index (χ0) is 12.4. The first-order valence-corrected chi connectivity index (χ1v) is 7.23. The van der Waals surface area contributed by atoms with Gasteiger partial charge in [-0.25, -0.2) is 4.98 Å². The Bertz CT molecular complexity index is 384. The van der Waals surface area contributed by atoms with Crippen LogP contribution in [0.3, 0.4) is 0 Å². The van der Waals surface area contributed by atoms with Crippen molar-refractivity contribution in [1.29, 1.82) is 0 Å². The minimum absolute atomic E-state index is 0.441. The van der Waals surface area contributed by atoms with E-state index in [1.165, 1.54) is 25.0 Å². The van der Waals surface area contributed by atoms with E-state index >= 15 is 0 Å². The van der Waals surface area contributed by atoms with Crippen molar-refractivity contribution >= 4 is 0 Å². The predicted octanol–water partition coefficient (Wildman–Crippen LogP) is 2.12. The van der Waals surface area contributed by atoms with Crippen LogP contribution >= 0.6 is 0 Å². The highest BCUT2D eigenvalue weighted by molar-refractivity contribution is 5.07. The van der Waals surface area contributed by atoms with Crippen LogP contribution in [-0.4, -0.2) is 28.8 Å². The van der Waals surface area contributed by atoms with Crippen LogP contribution in [0.15, 0.2) is 12.5 Å². The third kappa shape index (κ3) is 2.31. The van der Waals surface area contributed by atoms with E-state index in [9.17, 15) is 0 Å². The summed E-state index contributed by atoms with van der Waals surface area (Å²) in [5.41, 5.74) is 1.36. The SMILES string of the molecule is CCC1OCCC1Cn1cncc1[C@@H]1CCCN1. The first-order valence-electron chi connectivity index (χ1n) is 7.23. The van der Waals surface area contributed by atoms with Crippen molar-refractivity contribution in [1.82, 2.24) is 14.9 Å². The first-order chi connectivity index (χ1) is 8.88. The van der Waals surface area contributed by atoms with E-state index in [-0.39, 0.29) is 0 Å². The van der Waals surface area contributed by atoms with Crippen LogP contribution in [0.25, 0.3) is 0 Å². The lowest BCUT2D eigenvalue weighted by atomic mass is 9.99. The summed E-state index contributed by atoms with van der Waals surface area (Å²) >= 11 is 0. The van der Waals surface area contributed by atoms with E-state index in [0.717, 1.165) is 26.1 Å². The van der Waals surface area contributed by atoms with Gasteiger partial charge in [-0.15, -0.1) is 0 Å². The fourth-order valence-corrected chi connectivity index (χ4v) is 3.32. The molecule has 4 nitrogen and oxygen atoms in total. The second-order valence-corrected chi connectivity index (χ2v) is 5.49. The van der Waals surface area contributed by atoms with Crippen molar-refractivity contribution in [2.75, 3.05) is 13.2 Å². The molecule has 3 atom stereocenters. The van der Waals surface area contributed by atoms with Gasteiger partial charge in [-0.05, 0) is 32.2 Å². The van der Waals surface area contributed by atoms with Gasteiger partial charge in [-0.3, -0.25) is 0 Å². The zero-order valence-corrected chi connectivity index (χ0v) is 11.1. The largest absolute Gasteiger partial charge is 0.378 e. The third-order valence-electron chi connectivity index (χ3n) is 4.34. The minimum Gasteiger partial charge on any atom is -0.378 e. The molecule has 100 valence electrons. The Kier molecular flexibility index (Phi) is 3.66. The topological polar surface area (TPSA) is 39.1 Å². The molecular formula is C14H23N3O. The molecule has 3 heterocycles. The molecule has 2 aliphatic rings. The Morgan fingerprint density at radius 2 is 2.44 bits per heavy atom. The summed E-state index contributed by atoms with van der Waals surface area (Å²) in [4.78, 5) is 4.34. The molecule has 0 amide bonds. The molecule has 2 aliphatic heterocycles. The maximum absolute atomic E-state index is 5.78. The monoisotopic (exact) mass is 249 g/mol. The van der Waals surface area contributed by atoms with Crippen LogP contribution in [0.1, 0.15) is 44.3 Å². The molecule has 1 aromatic rings. The van der Waals surface area contributed by atoms with Crippen molar-refractivity contribution in [3.63, 3.8) is 0 Å². The number of hydrogen-bond donors (Lipinski definition) is 1. The van der Waals surface area contributed by atoms with Crippen LogP contribution in [0.4, 0.5) is 0 Å². The maximum atomic E-state index is 5.78. The number of ether oxygens (including phenoxy) is 1. The van der Waals surface area contributed by atoms with Crippen molar-refractivity contribution in [3.05, 3.63) is 18.2 Å². The summed E-state index contributed by atoms with van der Waals surface area (Å²) in [6.07, 6.45) is 9.28. The molecule has 1 aromatic heterocycles. The van der Waals surface area contributed by atoms with Crippen molar-refractivity contribution in [2.45, 2.75) is 51.3 Å². The third-order valence-corrected chi connectivity index (χ3v) is 4.34. The summed E-state index contributed by atoms with van der Waals surface area (Å²) in [7, 11) is 0. The molecule has 1 N–H and O–H groups in total. The lowest BCUT2D eigenvalue weighted by Crippen LogP contribution is -2.23. The quantitative estimate of drug-likeness (QED) is 0.888. The van der Waals surface area contributed by atoms with Crippen LogP contribution in [-0.2, 0) is 11.3 Å². The van der Waals surface area contributed by atoms with Gasteiger partial charge >= 0.3 is 0 Å². The van der Waals surface area contributed by atoms with E-state index in [1.54, 1.807) is 0 Å². The average molecular weight is 249 g/mol. The van der Waals surface area contributed by atoms with E-state index in [2.05, 4.69) is 21.8 Å². The average Bonchev–Trinajstić information content (AvgIpc) is 3.09. The van der Waals surface area contributed by atoms with E-state index < -0.39 is 0 Å². The molecule has 2 fully saturated rings. The smallest absolute Gasteiger partial charge is 0.0948 e. The van der Waals surface area contributed by atoms with Crippen LogP contribution < -0.4 is 5.32 Å². The van der Waals surface area contributed by atoms with Gasteiger partial charge in [-0.2, -0.15) is 0 Å². The number of nitrogens with zero attached hydrogens (tertiary/aromatic N) is 2. The van der Waals surface area contributed by atoms with Gasteiger partial charge in [0, 0.05) is 31.3 Å². The van der Waals surface area contributed by atoms with Gasteiger partial charge in [-0.1, -0.05) is 6.92 Å². The van der Waals surface area contributed by atoms with Gasteiger partial charge in [0.15, 0.2) is 0 Å². The molecule has 0 bridgehead atoms. The summed E-state index contributed by atoms with van der Waals surface area (Å²) in [5, 5.41) is 3.56. The van der Waals surface area contributed by atoms with Gasteiger partial charge in [0.2, 0.25) is 0 Å². The second-order valence-electron chi connectivity index (χ2n) is 5.49. The Morgan fingerprint density at radius 3 is 3.22 bits per heavy atom. The van der Waals surface area contributed by atoms with Crippen molar-refractivity contribution < 1.29 is 4.74 Å². The van der Waals surface area contributed by atoms with Gasteiger partial charge < -0.3 is 14.6 Å². The highest BCUT2D eigenvalue weighted by Crippen LogP contribution is 2.28. The molecule has 2 unspecified atom stereocenters.